The summed E-state index contributed by atoms with van der Waals surface area (Å²) in [7, 11) is 0. The van der Waals surface area contributed by atoms with Gasteiger partial charge < -0.3 is 20.1 Å². The van der Waals surface area contributed by atoms with E-state index in [0.29, 0.717) is 67.3 Å². The molecule has 0 bridgehead atoms. The fourth-order valence-electron chi connectivity index (χ4n) is 5.52. The first kappa shape index (κ1) is 23.6. The number of ether oxygens (including phenoxy) is 1. The molecule has 1 aromatic heterocycles. The first-order chi connectivity index (χ1) is 17.8. The van der Waals surface area contributed by atoms with E-state index in [9.17, 15) is 24.3 Å². The number of amides is 4. The number of hydrogen-bond acceptors (Lipinski definition) is 8. The van der Waals surface area contributed by atoms with Gasteiger partial charge in [-0.15, -0.1) is 0 Å². The summed E-state index contributed by atoms with van der Waals surface area (Å²) >= 11 is 0. The number of piperidine rings is 2. The normalized spacial score (nSPS) is 23.2. The zero-order chi connectivity index (χ0) is 25.7. The minimum atomic E-state index is -1.12. The molecule has 11 heteroatoms. The van der Waals surface area contributed by atoms with Crippen molar-refractivity contribution in [3.8, 4) is 5.75 Å². The Balaban J connectivity index is 1.11. The zero-order valence-corrected chi connectivity index (χ0v) is 20.2. The Labute approximate surface area is 212 Å². The Kier molecular flexibility index (Phi) is 5.68. The summed E-state index contributed by atoms with van der Waals surface area (Å²) in [5.74, 6) is -0.577. The largest absolute Gasteiger partial charge is 0.482 e. The molecule has 0 spiro atoms. The average Bonchev–Trinajstić information content (AvgIpc) is 3.21. The molecule has 1 atom stereocenters. The van der Waals surface area contributed by atoms with Gasteiger partial charge in [0.15, 0.2) is 6.61 Å². The van der Waals surface area contributed by atoms with E-state index in [1.807, 2.05) is 18.2 Å². The molecule has 2 saturated heterocycles. The van der Waals surface area contributed by atoms with Gasteiger partial charge in [-0.1, -0.05) is 6.07 Å². The van der Waals surface area contributed by atoms with Crippen LogP contribution in [0.25, 0.3) is 0 Å². The molecule has 2 aromatic rings. The van der Waals surface area contributed by atoms with Gasteiger partial charge in [0.05, 0.1) is 29.2 Å². The van der Waals surface area contributed by atoms with Crippen molar-refractivity contribution < 1.29 is 29.0 Å². The second-order valence-corrected chi connectivity index (χ2v) is 10.1. The number of aliphatic hydroxyl groups is 1. The molecule has 4 aliphatic heterocycles. The maximum Gasteiger partial charge on any atom is 0.262 e. The predicted octanol–water partition coefficient (Wildman–Crippen LogP) is 0.657. The molecule has 4 aliphatic rings. The van der Waals surface area contributed by atoms with E-state index in [2.05, 4.69) is 20.5 Å². The fraction of sp³-hybridized carbons (Fsp3) is 0.423. The molecule has 5 heterocycles. The molecule has 3 N–H and O–H groups in total. The summed E-state index contributed by atoms with van der Waals surface area (Å²) in [5.41, 5.74) is 2.09. The number of nitrogens with one attached hydrogen (secondary N) is 2. The predicted molar refractivity (Wildman–Crippen MR) is 129 cm³/mol. The van der Waals surface area contributed by atoms with Crippen LogP contribution in [0.3, 0.4) is 0 Å². The van der Waals surface area contributed by atoms with Crippen molar-refractivity contribution >= 4 is 29.3 Å². The molecule has 192 valence electrons. The molecule has 11 nitrogen and oxygen atoms in total. The zero-order valence-electron chi connectivity index (χ0n) is 20.2. The standard InChI is InChI=1S/C26H27N5O6/c32-22-6-3-19(24(34)29-22)31-13-18-16(25(31)35)2-5-21(27-18)26(36)7-9-30(10-8-26)12-15-1-4-20-17(11-15)28-23(33)14-37-20/h1-2,4-5,11,19,36H,3,6-10,12-14H2,(H,28,33)(H,29,32,34). The van der Waals surface area contributed by atoms with Crippen molar-refractivity contribution in [2.45, 2.75) is 50.4 Å². The number of rotatable bonds is 4. The third-order valence-corrected chi connectivity index (χ3v) is 7.61. The first-order valence-electron chi connectivity index (χ1n) is 12.4. The topological polar surface area (TPSA) is 141 Å². The maximum absolute atomic E-state index is 12.9. The van der Waals surface area contributed by atoms with Gasteiger partial charge in [-0.2, -0.15) is 0 Å². The highest BCUT2D eigenvalue weighted by atomic mass is 16.5. The number of hydrogen-bond donors (Lipinski definition) is 3. The Morgan fingerprint density at radius 2 is 1.86 bits per heavy atom. The SMILES string of the molecule is O=C1CCC(N2Cc3nc(C4(O)CCN(Cc5ccc6c(c5)NC(=O)CO6)CC4)ccc3C2=O)C(=O)N1. The lowest BCUT2D eigenvalue weighted by molar-refractivity contribution is -0.137. The van der Waals surface area contributed by atoms with E-state index in [1.165, 1.54) is 4.90 Å². The van der Waals surface area contributed by atoms with E-state index in [4.69, 9.17) is 4.74 Å². The molecule has 0 saturated carbocycles. The Bertz CT molecular complexity index is 1320. The van der Waals surface area contributed by atoms with Crippen LogP contribution in [0.15, 0.2) is 30.3 Å². The highest BCUT2D eigenvalue weighted by molar-refractivity contribution is 6.05. The van der Waals surface area contributed by atoms with E-state index >= 15 is 0 Å². The second kappa shape index (κ2) is 8.93. The van der Waals surface area contributed by atoms with Crippen LogP contribution in [-0.4, -0.2) is 69.3 Å². The number of likely N-dealkylation sites (tertiary alicyclic amines) is 1. The van der Waals surface area contributed by atoms with Crippen molar-refractivity contribution in [3.05, 3.63) is 52.8 Å². The maximum atomic E-state index is 12.9. The van der Waals surface area contributed by atoms with Crippen LogP contribution in [0.5, 0.6) is 5.75 Å². The lowest BCUT2D eigenvalue weighted by Gasteiger charge is -2.38. The monoisotopic (exact) mass is 505 g/mol. The quantitative estimate of drug-likeness (QED) is 0.515. The highest BCUT2D eigenvalue weighted by Gasteiger charge is 2.41. The molecule has 37 heavy (non-hydrogen) atoms. The highest BCUT2D eigenvalue weighted by Crippen LogP contribution is 2.35. The van der Waals surface area contributed by atoms with Crippen LogP contribution in [0.1, 0.15) is 53.0 Å². The Morgan fingerprint density at radius 3 is 2.65 bits per heavy atom. The minimum absolute atomic E-state index is 0.0247. The number of fused-ring (bicyclic) bond motifs is 2. The van der Waals surface area contributed by atoms with E-state index in [0.717, 1.165) is 5.56 Å². The van der Waals surface area contributed by atoms with Gasteiger partial charge in [0.2, 0.25) is 11.8 Å². The van der Waals surface area contributed by atoms with Crippen LogP contribution in [0, 0.1) is 0 Å². The molecule has 1 unspecified atom stereocenters. The van der Waals surface area contributed by atoms with Gasteiger partial charge in [0.1, 0.15) is 17.4 Å². The summed E-state index contributed by atoms with van der Waals surface area (Å²) in [6, 6.07) is 8.44. The molecular weight excluding hydrogens is 478 g/mol. The van der Waals surface area contributed by atoms with Crippen LogP contribution >= 0.6 is 0 Å². The first-order valence-corrected chi connectivity index (χ1v) is 12.4. The summed E-state index contributed by atoms with van der Waals surface area (Å²) in [6.45, 7) is 2.17. The van der Waals surface area contributed by atoms with Gasteiger partial charge in [-0.05, 0) is 49.1 Å². The van der Waals surface area contributed by atoms with Crippen LogP contribution in [0.4, 0.5) is 5.69 Å². The van der Waals surface area contributed by atoms with Crippen LogP contribution < -0.4 is 15.4 Å². The van der Waals surface area contributed by atoms with Crippen molar-refractivity contribution in [1.82, 2.24) is 20.1 Å². The third kappa shape index (κ3) is 4.34. The minimum Gasteiger partial charge on any atom is -0.482 e. The molecule has 0 radical (unpaired) electrons. The number of benzene rings is 1. The molecule has 6 rings (SSSR count). The summed E-state index contributed by atoms with van der Waals surface area (Å²) in [6.07, 6.45) is 1.45. The number of aromatic nitrogens is 1. The lowest BCUT2D eigenvalue weighted by Crippen LogP contribution is -2.52. The van der Waals surface area contributed by atoms with Crippen molar-refractivity contribution in [1.29, 1.82) is 0 Å². The number of nitrogens with zero attached hydrogens (tertiary/aromatic N) is 3. The third-order valence-electron chi connectivity index (χ3n) is 7.61. The van der Waals surface area contributed by atoms with Crippen LogP contribution in [0.2, 0.25) is 0 Å². The molecule has 0 aliphatic carbocycles. The number of pyridine rings is 1. The fourth-order valence-corrected chi connectivity index (χ4v) is 5.52. The van der Waals surface area contributed by atoms with Gasteiger partial charge >= 0.3 is 0 Å². The summed E-state index contributed by atoms with van der Waals surface area (Å²) in [5, 5.41) is 16.6. The number of anilines is 1. The lowest BCUT2D eigenvalue weighted by atomic mass is 9.87. The molecule has 1 aromatic carbocycles. The van der Waals surface area contributed by atoms with Crippen molar-refractivity contribution in [2.75, 3.05) is 25.0 Å². The second-order valence-electron chi connectivity index (χ2n) is 10.1. The van der Waals surface area contributed by atoms with Gasteiger partial charge in [0, 0.05) is 26.1 Å². The average molecular weight is 506 g/mol. The number of carbonyl (C=O) groups excluding carboxylic acids is 4. The van der Waals surface area contributed by atoms with E-state index < -0.39 is 17.6 Å². The number of carbonyl (C=O) groups is 4. The molecular formula is C26H27N5O6. The van der Waals surface area contributed by atoms with E-state index in [-0.39, 0.29) is 37.3 Å². The van der Waals surface area contributed by atoms with Gasteiger partial charge in [-0.25, -0.2) is 0 Å². The molecule has 2 fully saturated rings. The Morgan fingerprint density at radius 1 is 1.05 bits per heavy atom. The molecule has 4 amide bonds. The smallest absolute Gasteiger partial charge is 0.262 e. The summed E-state index contributed by atoms with van der Waals surface area (Å²) in [4.78, 5) is 56.7. The van der Waals surface area contributed by atoms with Crippen molar-refractivity contribution in [3.63, 3.8) is 0 Å². The Hall–Kier alpha value is -3.83. The van der Waals surface area contributed by atoms with E-state index in [1.54, 1.807) is 12.1 Å². The number of imide groups is 1. The van der Waals surface area contributed by atoms with Crippen LogP contribution in [-0.2, 0) is 33.1 Å². The van der Waals surface area contributed by atoms with Gasteiger partial charge in [-0.3, -0.25) is 34.4 Å². The van der Waals surface area contributed by atoms with Gasteiger partial charge in [0.25, 0.3) is 11.8 Å². The summed E-state index contributed by atoms with van der Waals surface area (Å²) < 4.78 is 5.42. The van der Waals surface area contributed by atoms with Crippen molar-refractivity contribution in [2.24, 2.45) is 0 Å².